The van der Waals surface area contributed by atoms with Crippen molar-refractivity contribution < 1.29 is 4.79 Å². The Morgan fingerprint density at radius 2 is 2.22 bits per heavy atom. The van der Waals surface area contributed by atoms with Gasteiger partial charge in [-0.3, -0.25) is 14.0 Å². The fourth-order valence-electron chi connectivity index (χ4n) is 2.33. The maximum absolute atomic E-state index is 12.2. The first-order chi connectivity index (χ1) is 11.2. The number of thiazole rings is 1. The van der Waals surface area contributed by atoms with Crippen LogP contribution in [0.3, 0.4) is 0 Å². The van der Waals surface area contributed by atoms with E-state index in [-0.39, 0.29) is 17.7 Å². The number of amides is 1. The summed E-state index contributed by atoms with van der Waals surface area (Å²) < 4.78 is 1.36. The van der Waals surface area contributed by atoms with E-state index in [1.807, 2.05) is 24.3 Å². The van der Waals surface area contributed by atoms with Crippen molar-refractivity contribution in [2.75, 3.05) is 0 Å². The fourth-order valence-corrected chi connectivity index (χ4v) is 3.00. The van der Waals surface area contributed by atoms with Crippen molar-refractivity contribution in [3.05, 3.63) is 63.8 Å². The number of carbonyl (C=O) groups excluding carboxylic acids is 1. The summed E-state index contributed by atoms with van der Waals surface area (Å²) in [5.41, 5.74) is 1.37. The van der Waals surface area contributed by atoms with E-state index in [0.717, 1.165) is 11.0 Å². The number of aromatic amines is 1. The lowest BCUT2D eigenvalue weighted by atomic mass is 10.3. The molecule has 0 radical (unpaired) electrons. The number of hydrogen-bond acceptors (Lipinski definition) is 5. The topological polar surface area (TPSA) is 92.2 Å². The normalized spacial score (nSPS) is 11.1. The molecule has 1 amide bonds. The molecule has 0 atom stereocenters. The molecule has 23 heavy (non-hydrogen) atoms. The van der Waals surface area contributed by atoms with Crippen molar-refractivity contribution in [3.8, 4) is 0 Å². The van der Waals surface area contributed by atoms with Crippen LogP contribution in [-0.4, -0.2) is 25.3 Å². The highest BCUT2D eigenvalue weighted by atomic mass is 32.1. The molecular weight excluding hydrogens is 314 g/mol. The Hall–Kier alpha value is -3.00. The van der Waals surface area contributed by atoms with Crippen LogP contribution in [0.1, 0.15) is 16.2 Å². The molecule has 3 aromatic heterocycles. The monoisotopic (exact) mass is 325 g/mol. The van der Waals surface area contributed by atoms with Gasteiger partial charge in [-0.25, -0.2) is 9.97 Å². The van der Waals surface area contributed by atoms with Crippen molar-refractivity contribution in [1.29, 1.82) is 0 Å². The first kappa shape index (κ1) is 13.6. The van der Waals surface area contributed by atoms with Gasteiger partial charge in [-0.1, -0.05) is 12.1 Å². The number of para-hydroxylation sites is 2. The van der Waals surface area contributed by atoms with Crippen molar-refractivity contribution in [2.24, 2.45) is 0 Å². The van der Waals surface area contributed by atoms with Gasteiger partial charge in [0.25, 0.3) is 11.5 Å². The van der Waals surface area contributed by atoms with Crippen LogP contribution in [0.15, 0.2) is 46.8 Å². The standard InChI is InChI=1S/C15H11N5O2S/c21-13(9-7-17-15-20(14(9)22)5-6-23-15)16-8-12-18-10-3-1-2-4-11(10)19-12/h1-7H,8H2,(H,16,21)(H,18,19). The van der Waals surface area contributed by atoms with Gasteiger partial charge in [-0.2, -0.15) is 0 Å². The van der Waals surface area contributed by atoms with Gasteiger partial charge in [0.15, 0.2) is 4.96 Å². The Bertz CT molecular complexity index is 1050. The van der Waals surface area contributed by atoms with Gasteiger partial charge >= 0.3 is 0 Å². The zero-order valence-corrected chi connectivity index (χ0v) is 12.6. The predicted octanol–water partition coefficient (Wildman–Crippen LogP) is 1.56. The smallest absolute Gasteiger partial charge is 0.271 e. The average molecular weight is 325 g/mol. The van der Waals surface area contributed by atoms with Gasteiger partial charge in [0.05, 0.1) is 17.6 Å². The van der Waals surface area contributed by atoms with E-state index in [2.05, 4.69) is 20.3 Å². The Labute approximate surface area is 133 Å². The third-order valence-electron chi connectivity index (χ3n) is 3.44. The van der Waals surface area contributed by atoms with Crippen molar-refractivity contribution >= 4 is 33.2 Å². The molecule has 8 heteroatoms. The highest BCUT2D eigenvalue weighted by molar-refractivity contribution is 7.15. The van der Waals surface area contributed by atoms with E-state index in [1.54, 1.807) is 11.6 Å². The summed E-state index contributed by atoms with van der Waals surface area (Å²) in [4.78, 5) is 36.6. The summed E-state index contributed by atoms with van der Waals surface area (Å²) in [6.45, 7) is 0.208. The summed E-state index contributed by atoms with van der Waals surface area (Å²) in [7, 11) is 0. The number of nitrogens with zero attached hydrogens (tertiary/aromatic N) is 3. The molecule has 0 unspecified atom stereocenters. The average Bonchev–Trinajstić information content (AvgIpc) is 3.19. The summed E-state index contributed by atoms with van der Waals surface area (Å²) in [5.74, 6) is 0.160. The number of hydrogen-bond donors (Lipinski definition) is 2. The molecule has 0 spiro atoms. The van der Waals surface area contributed by atoms with Gasteiger partial charge < -0.3 is 10.3 Å². The largest absolute Gasteiger partial charge is 0.345 e. The molecule has 2 N–H and O–H groups in total. The Kier molecular flexibility index (Phi) is 3.16. The summed E-state index contributed by atoms with van der Waals surface area (Å²) in [6, 6.07) is 7.60. The molecule has 0 aliphatic rings. The minimum Gasteiger partial charge on any atom is -0.345 e. The number of benzene rings is 1. The lowest BCUT2D eigenvalue weighted by molar-refractivity contribution is 0.0948. The summed E-state index contributed by atoms with van der Waals surface area (Å²) in [6.07, 6.45) is 2.91. The molecule has 1 aromatic carbocycles. The molecule has 4 rings (SSSR count). The molecule has 3 heterocycles. The molecule has 0 bridgehead atoms. The van der Waals surface area contributed by atoms with Crippen LogP contribution in [-0.2, 0) is 6.54 Å². The number of imidazole rings is 1. The lowest BCUT2D eigenvalue weighted by Crippen LogP contribution is -2.31. The van der Waals surface area contributed by atoms with E-state index in [4.69, 9.17) is 0 Å². The zero-order valence-electron chi connectivity index (χ0n) is 11.8. The highest BCUT2D eigenvalue weighted by Gasteiger charge is 2.14. The van der Waals surface area contributed by atoms with Gasteiger partial charge in [0, 0.05) is 17.8 Å². The Balaban J connectivity index is 1.57. The Morgan fingerprint density at radius 3 is 3.09 bits per heavy atom. The number of H-pyrrole nitrogens is 1. The number of fused-ring (bicyclic) bond motifs is 2. The van der Waals surface area contributed by atoms with Crippen molar-refractivity contribution in [2.45, 2.75) is 6.54 Å². The van der Waals surface area contributed by atoms with Gasteiger partial charge in [-0.15, -0.1) is 11.3 Å². The zero-order chi connectivity index (χ0) is 15.8. The number of rotatable bonds is 3. The third kappa shape index (κ3) is 2.38. The minimum atomic E-state index is -0.469. The first-order valence-electron chi connectivity index (χ1n) is 6.89. The van der Waals surface area contributed by atoms with Crippen LogP contribution in [0.4, 0.5) is 0 Å². The maximum atomic E-state index is 12.2. The van der Waals surface area contributed by atoms with E-state index >= 15 is 0 Å². The van der Waals surface area contributed by atoms with Crippen molar-refractivity contribution in [3.63, 3.8) is 0 Å². The molecule has 0 fully saturated rings. The molecule has 4 aromatic rings. The number of aromatic nitrogens is 4. The molecule has 0 aliphatic carbocycles. The van der Waals surface area contributed by atoms with Crippen LogP contribution in [0.5, 0.6) is 0 Å². The fraction of sp³-hybridized carbons (Fsp3) is 0.0667. The quantitative estimate of drug-likeness (QED) is 0.598. The van der Waals surface area contributed by atoms with Crippen LogP contribution in [0.25, 0.3) is 16.0 Å². The first-order valence-corrected chi connectivity index (χ1v) is 7.77. The predicted molar refractivity (Wildman–Crippen MR) is 86.6 cm³/mol. The number of carbonyl (C=O) groups is 1. The second-order valence-electron chi connectivity index (χ2n) is 4.92. The molecular formula is C15H11N5O2S. The minimum absolute atomic E-state index is 0.0111. The molecule has 0 aliphatic heterocycles. The molecule has 7 nitrogen and oxygen atoms in total. The number of nitrogens with one attached hydrogen (secondary N) is 2. The van der Waals surface area contributed by atoms with Gasteiger partial charge in [0.2, 0.25) is 0 Å². The summed E-state index contributed by atoms with van der Waals surface area (Å²) in [5, 5.41) is 4.44. The molecule has 0 saturated carbocycles. The van der Waals surface area contributed by atoms with E-state index in [1.165, 1.54) is 21.9 Å². The van der Waals surface area contributed by atoms with Crippen LogP contribution < -0.4 is 10.9 Å². The van der Waals surface area contributed by atoms with E-state index in [0.29, 0.717) is 10.8 Å². The highest BCUT2D eigenvalue weighted by Crippen LogP contribution is 2.10. The van der Waals surface area contributed by atoms with Crippen LogP contribution >= 0.6 is 11.3 Å². The van der Waals surface area contributed by atoms with Gasteiger partial charge in [0.1, 0.15) is 11.4 Å². The van der Waals surface area contributed by atoms with Crippen molar-refractivity contribution in [1.82, 2.24) is 24.7 Å². The van der Waals surface area contributed by atoms with E-state index in [9.17, 15) is 9.59 Å². The second-order valence-corrected chi connectivity index (χ2v) is 5.79. The SMILES string of the molecule is O=C(NCc1nc2ccccc2[nH]1)c1cnc2sccn2c1=O. The van der Waals surface area contributed by atoms with Crippen LogP contribution in [0.2, 0.25) is 0 Å². The third-order valence-corrected chi connectivity index (χ3v) is 4.21. The molecule has 0 saturated heterocycles. The molecule has 114 valence electrons. The van der Waals surface area contributed by atoms with Gasteiger partial charge in [-0.05, 0) is 12.1 Å². The maximum Gasteiger partial charge on any atom is 0.271 e. The second kappa shape index (κ2) is 5.33. The van der Waals surface area contributed by atoms with E-state index < -0.39 is 5.91 Å². The Morgan fingerprint density at radius 1 is 1.35 bits per heavy atom. The van der Waals surface area contributed by atoms with Crippen LogP contribution in [0, 0.1) is 0 Å². The lowest BCUT2D eigenvalue weighted by Gasteiger charge is -2.02. The summed E-state index contributed by atoms with van der Waals surface area (Å²) >= 11 is 1.34.